The second kappa shape index (κ2) is 13.9. The number of nitrogens with zero attached hydrogens (tertiary/aromatic N) is 4. The van der Waals surface area contributed by atoms with Crippen molar-refractivity contribution in [3.63, 3.8) is 0 Å². The lowest BCUT2D eigenvalue weighted by Gasteiger charge is -2.40. The molecule has 4 rings (SSSR count). The first-order valence-corrected chi connectivity index (χ1v) is 15.6. The largest absolute Gasteiger partial charge is 0.368 e. The van der Waals surface area contributed by atoms with Crippen LogP contribution in [0.25, 0.3) is 0 Å². The molecule has 2 aromatic rings. The van der Waals surface area contributed by atoms with Gasteiger partial charge in [-0.3, -0.25) is 0 Å². The number of rotatable bonds is 11. The van der Waals surface area contributed by atoms with Gasteiger partial charge in [0.2, 0.25) is 0 Å². The molecule has 2 aromatic carbocycles. The fraction of sp³-hybridized carbons (Fsp3) is 0.514. The molecule has 2 unspecified atom stereocenters. The summed E-state index contributed by atoms with van der Waals surface area (Å²) in [5, 5.41) is 3.56. The van der Waals surface area contributed by atoms with Crippen LogP contribution in [0.1, 0.15) is 81.7 Å². The molecule has 2 atom stereocenters. The maximum Gasteiger partial charge on any atom is 0.273 e. The van der Waals surface area contributed by atoms with E-state index in [-0.39, 0.29) is 18.0 Å². The summed E-state index contributed by atoms with van der Waals surface area (Å²) in [7, 11) is 2.20. The Balaban J connectivity index is 1.56. The zero-order chi connectivity index (χ0) is 30.4. The van der Waals surface area contributed by atoms with Gasteiger partial charge < -0.3 is 20.0 Å². The molecule has 5 nitrogen and oxygen atoms in total. The molecule has 0 aliphatic carbocycles. The number of hydrogen-bond acceptors (Lipinski definition) is 5. The number of halogens is 2. The van der Waals surface area contributed by atoms with Crippen molar-refractivity contribution in [2.24, 2.45) is 4.99 Å². The van der Waals surface area contributed by atoms with Crippen molar-refractivity contribution in [1.82, 2.24) is 9.80 Å². The van der Waals surface area contributed by atoms with E-state index in [4.69, 9.17) is 4.99 Å². The quantitative estimate of drug-likeness (QED) is 0.215. The molecule has 2 aliphatic heterocycles. The van der Waals surface area contributed by atoms with Gasteiger partial charge in [-0.1, -0.05) is 45.0 Å². The average molecular weight is 578 g/mol. The minimum Gasteiger partial charge on any atom is -0.368 e. The number of likely N-dealkylation sites (tertiary alicyclic amines) is 1. The second-order valence-corrected chi connectivity index (χ2v) is 11.9. The van der Waals surface area contributed by atoms with Gasteiger partial charge in [0.25, 0.3) is 5.92 Å². The van der Waals surface area contributed by atoms with Crippen molar-refractivity contribution in [1.29, 1.82) is 0 Å². The highest BCUT2D eigenvalue weighted by Gasteiger charge is 2.33. The first-order valence-electron chi connectivity index (χ1n) is 15.6. The van der Waals surface area contributed by atoms with E-state index in [1.54, 1.807) is 31.3 Å². The highest BCUT2D eigenvalue weighted by atomic mass is 19.3. The van der Waals surface area contributed by atoms with Crippen molar-refractivity contribution in [3.8, 4) is 0 Å². The third-order valence-electron chi connectivity index (χ3n) is 8.77. The summed E-state index contributed by atoms with van der Waals surface area (Å²) in [6, 6.07) is 12.0. The molecular weight excluding hydrogens is 528 g/mol. The molecule has 42 heavy (non-hydrogen) atoms. The number of aliphatic imine (C=N–C) groups is 1. The molecule has 7 heteroatoms. The van der Waals surface area contributed by atoms with Crippen LogP contribution < -0.4 is 10.2 Å². The van der Waals surface area contributed by atoms with Crippen LogP contribution in [0.5, 0.6) is 0 Å². The third-order valence-corrected chi connectivity index (χ3v) is 8.77. The fourth-order valence-electron chi connectivity index (χ4n) is 6.27. The molecule has 2 fully saturated rings. The molecule has 0 radical (unpaired) electrons. The smallest absolute Gasteiger partial charge is 0.273 e. The topological polar surface area (TPSA) is 34.1 Å². The Hall–Kier alpha value is -3.19. The average Bonchev–Trinajstić information content (AvgIpc) is 3.45. The van der Waals surface area contributed by atoms with Gasteiger partial charge in [0.05, 0.1) is 6.04 Å². The maximum atomic E-state index is 14.8. The molecule has 0 spiro atoms. The number of hydrogen-bond donors (Lipinski definition) is 1. The zero-order valence-corrected chi connectivity index (χ0v) is 26.4. The maximum absolute atomic E-state index is 14.8. The normalized spacial score (nSPS) is 20.5. The lowest BCUT2D eigenvalue weighted by Crippen LogP contribution is -2.50. The highest BCUT2D eigenvalue weighted by molar-refractivity contribution is 5.67. The van der Waals surface area contributed by atoms with Crippen molar-refractivity contribution in [3.05, 3.63) is 82.8 Å². The van der Waals surface area contributed by atoms with E-state index in [1.165, 1.54) is 16.8 Å². The molecule has 2 saturated heterocycles. The number of benzene rings is 2. The Bertz CT molecular complexity index is 1300. The Kier molecular flexibility index (Phi) is 10.5. The summed E-state index contributed by atoms with van der Waals surface area (Å²) in [5.74, 6) is -2.03. The number of likely N-dealkylation sites (N-methyl/N-ethyl adjacent to an activating group) is 1. The van der Waals surface area contributed by atoms with Crippen LogP contribution in [0.15, 0.2) is 65.6 Å². The number of anilines is 2. The van der Waals surface area contributed by atoms with Crippen molar-refractivity contribution in [2.75, 3.05) is 43.4 Å². The first-order chi connectivity index (χ1) is 20.1. The minimum absolute atomic E-state index is 0.0103. The van der Waals surface area contributed by atoms with Gasteiger partial charge in [-0.15, -0.1) is 0 Å². The molecule has 0 saturated carbocycles. The molecule has 2 aliphatic rings. The van der Waals surface area contributed by atoms with Crippen LogP contribution in [-0.4, -0.2) is 55.3 Å². The second-order valence-electron chi connectivity index (χ2n) is 11.9. The number of allylic oxidation sites excluding steroid dienone is 1. The van der Waals surface area contributed by atoms with E-state index in [1.807, 2.05) is 19.1 Å². The standard InChI is InChI=1S/C35H49F2N5/c1-8-16-35(36,37)30-14-11-13-29(22-30)32-15-12-17-42(32)34(38-10-3)21-26(5)39-31-20-25(4)33(23-28(31)9-2)41-19-18-40(7)27(6)24-41/h10-11,13-14,20-23,27,32,39H,5,8-9,12,15-19,24H2,1-4,6-7H3/b34-21+,38-10?. The monoisotopic (exact) mass is 577 g/mol. The SMILES string of the molecule is C=C(/C=C(\N=CC)N1CCCC1c1cccc(C(F)(F)CCC)c1)Nc1cc(C)c(N2CCN(C)C(C)C2)cc1CC. The lowest BCUT2D eigenvalue weighted by molar-refractivity contribution is -0.0141. The van der Waals surface area contributed by atoms with Gasteiger partial charge in [-0.2, -0.15) is 0 Å². The van der Waals surface area contributed by atoms with Gasteiger partial charge in [-0.25, -0.2) is 13.8 Å². The lowest BCUT2D eigenvalue weighted by atomic mass is 9.97. The third kappa shape index (κ3) is 7.23. The van der Waals surface area contributed by atoms with E-state index < -0.39 is 5.92 Å². The van der Waals surface area contributed by atoms with Gasteiger partial charge in [-0.05, 0) is 82.0 Å². The molecule has 1 N–H and O–H groups in total. The van der Waals surface area contributed by atoms with Crippen LogP contribution >= 0.6 is 0 Å². The summed E-state index contributed by atoms with van der Waals surface area (Å²) in [6.45, 7) is 18.6. The Morgan fingerprint density at radius 3 is 2.64 bits per heavy atom. The summed E-state index contributed by atoms with van der Waals surface area (Å²) in [4.78, 5) is 11.9. The summed E-state index contributed by atoms with van der Waals surface area (Å²) >= 11 is 0. The van der Waals surface area contributed by atoms with Gasteiger partial charge in [0.1, 0.15) is 5.82 Å². The summed E-state index contributed by atoms with van der Waals surface area (Å²) < 4.78 is 29.5. The Morgan fingerprint density at radius 1 is 1.17 bits per heavy atom. The van der Waals surface area contributed by atoms with Gasteiger partial charge in [0.15, 0.2) is 0 Å². The summed E-state index contributed by atoms with van der Waals surface area (Å²) in [5.41, 5.74) is 6.62. The van der Waals surface area contributed by atoms with Crippen LogP contribution in [0.2, 0.25) is 0 Å². The predicted octanol–water partition coefficient (Wildman–Crippen LogP) is 8.28. The molecule has 228 valence electrons. The van der Waals surface area contributed by atoms with Crippen molar-refractivity contribution >= 4 is 17.6 Å². The number of alkyl halides is 2. The van der Waals surface area contributed by atoms with Crippen LogP contribution in [0.4, 0.5) is 20.2 Å². The van der Waals surface area contributed by atoms with Crippen LogP contribution in [0, 0.1) is 6.92 Å². The number of nitrogens with one attached hydrogen (secondary N) is 1. The molecule has 2 heterocycles. The number of aryl methyl sites for hydroxylation is 2. The van der Waals surface area contributed by atoms with E-state index in [2.05, 4.69) is 66.5 Å². The zero-order valence-electron chi connectivity index (χ0n) is 26.4. The van der Waals surface area contributed by atoms with Crippen molar-refractivity contribution in [2.45, 2.75) is 84.7 Å². The van der Waals surface area contributed by atoms with Gasteiger partial charge >= 0.3 is 0 Å². The van der Waals surface area contributed by atoms with E-state index in [0.29, 0.717) is 12.5 Å². The molecule has 0 amide bonds. The van der Waals surface area contributed by atoms with Crippen LogP contribution in [0.3, 0.4) is 0 Å². The first kappa shape index (κ1) is 31.7. The minimum atomic E-state index is -2.82. The predicted molar refractivity (Wildman–Crippen MR) is 174 cm³/mol. The van der Waals surface area contributed by atoms with E-state index in [9.17, 15) is 8.78 Å². The van der Waals surface area contributed by atoms with E-state index in [0.717, 1.165) is 68.2 Å². The fourth-order valence-corrected chi connectivity index (χ4v) is 6.27. The molecular formula is C35H49F2N5. The Morgan fingerprint density at radius 2 is 1.95 bits per heavy atom. The van der Waals surface area contributed by atoms with Crippen molar-refractivity contribution < 1.29 is 8.78 Å². The number of piperazine rings is 1. The molecule has 0 aromatic heterocycles. The van der Waals surface area contributed by atoms with Crippen LogP contribution in [-0.2, 0) is 12.3 Å². The van der Waals surface area contributed by atoms with E-state index >= 15 is 0 Å². The van der Waals surface area contributed by atoms with Gasteiger partial charge in [0, 0.05) is 73.6 Å². The highest BCUT2D eigenvalue weighted by Crippen LogP contribution is 2.39. The molecule has 0 bridgehead atoms. The summed E-state index contributed by atoms with van der Waals surface area (Å²) in [6.07, 6.45) is 6.84. The Labute approximate surface area is 252 Å².